The molecule has 0 heterocycles. The van der Waals surface area contributed by atoms with E-state index in [1.54, 1.807) is 13.2 Å². The van der Waals surface area contributed by atoms with Gasteiger partial charge in [0, 0.05) is 18.3 Å². The number of nitrogens with one attached hydrogen (secondary N) is 1. The van der Waals surface area contributed by atoms with Crippen molar-refractivity contribution in [1.82, 2.24) is 4.90 Å². The first kappa shape index (κ1) is 20.0. The fourth-order valence-corrected chi connectivity index (χ4v) is 2.21. The molecule has 0 aliphatic heterocycles. The number of ether oxygens (including phenoxy) is 1. The molecule has 0 radical (unpaired) electrons. The van der Waals surface area contributed by atoms with Gasteiger partial charge in [0.1, 0.15) is 5.75 Å². The minimum atomic E-state index is -0.355. The lowest BCUT2D eigenvalue weighted by molar-refractivity contribution is -0.137. The maximum atomic E-state index is 12.0. The molecule has 0 saturated carbocycles. The van der Waals surface area contributed by atoms with E-state index in [4.69, 9.17) is 9.57 Å². The highest BCUT2D eigenvalue weighted by atomic mass is 16.6. The molecule has 0 aromatic heterocycles. The van der Waals surface area contributed by atoms with Crippen molar-refractivity contribution < 1.29 is 19.2 Å². The standard InChI is InChI=1S/C20H23N3O4/c1-15-8-10-17(11-9-15)22-19(24)13-23(2)20(25)14-27-21-12-16-6-4-5-7-18(16)26-3/h4-12H,13-14H2,1-3H3,(H,22,24)/b21-12-. The molecule has 0 saturated heterocycles. The molecule has 0 aliphatic carbocycles. The van der Waals surface area contributed by atoms with Crippen LogP contribution in [0.1, 0.15) is 11.1 Å². The maximum absolute atomic E-state index is 12.0. The monoisotopic (exact) mass is 369 g/mol. The summed E-state index contributed by atoms with van der Waals surface area (Å²) in [6.07, 6.45) is 1.47. The highest BCUT2D eigenvalue weighted by molar-refractivity contribution is 5.94. The molecule has 0 aliphatic rings. The number of rotatable bonds is 8. The van der Waals surface area contributed by atoms with Gasteiger partial charge in [-0.25, -0.2) is 0 Å². The SMILES string of the molecule is COc1ccccc1/C=N\OCC(=O)N(C)CC(=O)Nc1ccc(C)cc1. The molecule has 7 heteroatoms. The molecule has 0 fully saturated rings. The molecule has 2 aromatic carbocycles. The lowest BCUT2D eigenvalue weighted by atomic mass is 10.2. The van der Waals surface area contributed by atoms with Crippen LogP contribution in [-0.4, -0.2) is 50.2 Å². The summed E-state index contributed by atoms with van der Waals surface area (Å²) in [6, 6.07) is 14.7. The van der Waals surface area contributed by atoms with Crippen molar-refractivity contribution in [3.8, 4) is 5.75 Å². The highest BCUT2D eigenvalue weighted by Gasteiger charge is 2.13. The number of hydrogen-bond donors (Lipinski definition) is 1. The van der Waals surface area contributed by atoms with Gasteiger partial charge in [-0.1, -0.05) is 35.0 Å². The van der Waals surface area contributed by atoms with Crippen LogP contribution in [0.5, 0.6) is 5.75 Å². The third-order valence-corrected chi connectivity index (χ3v) is 3.74. The quantitative estimate of drug-likeness (QED) is 0.573. The van der Waals surface area contributed by atoms with Gasteiger partial charge in [-0.2, -0.15) is 0 Å². The van der Waals surface area contributed by atoms with Crippen LogP contribution in [0.15, 0.2) is 53.7 Å². The molecular weight excluding hydrogens is 346 g/mol. The van der Waals surface area contributed by atoms with Crippen molar-refractivity contribution in [3.63, 3.8) is 0 Å². The van der Waals surface area contributed by atoms with Gasteiger partial charge < -0.3 is 19.8 Å². The summed E-state index contributed by atoms with van der Waals surface area (Å²) in [7, 11) is 3.10. The topological polar surface area (TPSA) is 80.2 Å². The molecule has 0 unspecified atom stereocenters. The number of hydrogen-bond acceptors (Lipinski definition) is 5. The summed E-state index contributed by atoms with van der Waals surface area (Å²) < 4.78 is 5.19. The number of methoxy groups -OCH3 is 1. The minimum absolute atomic E-state index is 0.0771. The highest BCUT2D eigenvalue weighted by Crippen LogP contribution is 2.14. The van der Waals surface area contributed by atoms with E-state index >= 15 is 0 Å². The van der Waals surface area contributed by atoms with E-state index in [-0.39, 0.29) is 25.0 Å². The minimum Gasteiger partial charge on any atom is -0.496 e. The van der Waals surface area contributed by atoms with Crippen LogP contribution in [0.2, 0.25) is 0 Å². The lowest BCUT2D eigenvalue weighted by Crippen LogP contribution is -2.36. The number of likely N-dealkylation sites (N-methyl/N-ethyl adjacent to an activating group) is 1. The molecule has 142 valence electrons. The number of carbonyl (C=O) groups is 2. The molecule has 2 amide bonds. The molecule has 2 aromatic rings. The van der Waals surface area contributed by atoms with Gasteiger partial charge in [-0.3, -0.25) is 9.59 Å². The predicted octanol–water partition coefficient (Wildman–Crippen LogP) is 2.45. The van der Waals surface area contributed by atoms with Crippen LogP contribution in [0.4, 0.5) is 5.69 Å². The van der Waals surface area contributed by atoms with Crippen molar-refractivity contribution in [2.75, 3.05) is 32.6 Å². The number of aryl methyl sites for hydroxylation is 1. The third kappa shape index (κ3) is 6.47. The average molecular weight is 369 g/mol. The second-order valence-corrected chi connectivity index (χ2v) is 5.91. The first-order valence-electron chi connectivity index (χ1n) is 8.38. The molecular formula is C20H23N3O4. The van der Waals surface area contributed by atoms with Gasteiger partial charge >= 0.3 is 0 Å². The Morgan fingerprint density at radius 1 is 1.15 bits per heavy atom. The first-order chi connectivity index (χ1) is 13.0. The van der Waals surface area contributed by atoms with Crippen molar-refractivity contribution in [1.29, 1.82) is 0 Å². The van der Waals surface area contributed by atoms with Gasteiger partial charge in [0.05, 0.1) is 19.9 Å². The largest absolute Gasteiger partial charge is 0.496 e. The molecule has 0 spiro atoms. The van der Waals surface area contributed by atoms with Crippen LogP contribution in [-0.2, 0) is 14.4 Å². The fourth-order valence-electron chi connectivity index (χ4n) is 2.21. The van der Waals surface area contributed by atoms with Gasteiger partial charge in [-0.15, -0.1) is 0 Å². The average Bonchev–Trinajstić information content (AvgIpc) is 2.67. The van der Waals surface area contributed by atoms with E-state index in [9.17, 15) is 9.59 Å². The summed E-state index contributed by atoms with van der Waals surface area (Å²) in [4.78, 5) is 30.3. The molecule has 0 atom stereocenters. The number of carbonyl (C=O) groups excluding carboxylic acids is 2. The first-order valence-corrected chi connectivity index (χ1v) is 8.38. The zero-order valence-electron chi connectivity index (χ0n) is 15.6. The summed E-state index contributed by atoms with van der Waals surface area (Å²) in [5, 5.41) is 6.51. The third-order valence-electron chi connectivity index (χ3n) is 3.74. The fraction of sp³-hybridized carbons (Fsp3) is 0.250. The number of benzene rings is 2. The van der Waals surface area contributed by atoms with Crippen LogP contribution in [0, 0.1) is 6.92 Å². The Labute approximate surface area is 158 Å². The number of oxime groups is 1. The number of nitrogens with zero attached hydrogens (tertiary/aromatic N) is 2. The Kier molecular flexibility index (Phi) is 7.37. The zero-order valence-corrected chi connectivity index (χ0v) is 15.6. The molecule has 1 N–H and O–H groups in total. The van der Waals surface area contributed by atoms with E-state index in [1.165, 1.54) is 18.2 Å². The van der Waals surface area contributed by atoms with Crippen molar-refractivity contribution in [2.45, 2.75) is 6.92 Å². The summed E-state index contributed by atoms with van der Waals surface area (Å²) in [6.45, 7) is 1.63. The molecule has 2 rings (SSSR count). The van der Waals surface area contributed by atoms with Crippen molar-refractivity contribution >= 4 is 23.7 Å². The van der Waals surface area contributed by atoms with Gasteiger partial charge in [-0.05, 0) is 31.2 Å². The second-order valence-electron chi connectivity index (χ2n) is 5.91. The van der Waals surface area contributed by atoms with Crippen molar-refractivity contribution in [3.05, 3.63) is 59.7 Å². The Bertz CT molecular complexity index is 803. The van der Waals surface area contributed by atoms with E-state index < -0.39 is 0 Å². The van der Waals surface area contributed by atoms with E-state index in [0.29, 0.717) is 11.4 Å². The molecule has 27 heavy (non-hydrogen) atoms. The number of anilines is 1. The lowest BCUT2D eigenvalue weighted by Gasteiger charge is -2.16. The number of amides is 2. The Morgan fingerprint density at radius 2 is 1.85 bits per heavy atom. The van der Waals surface area contributed by atoms with Crippen molar-refractivity contribution in [2.24, 2.45) is 5.16 Å². The van der Waals surface area contributed by atoms with E-state index in [1.807, 2.05) is 49.4 Å². The summed E-state index contributed by atoms with van der Waals surface area (Å²) in [5.74, 6) is 0.0135. The van der Waals surface area contributed by atoms with Gasteiger partial charge in [0.15, 0.2) is 6.61 Å². The maximum Gasteiger partial charge on any atom is 0.263 e. The normalized spacial score (nSPS) is 10.5. The summed E-state index contributed by atoms with van der Waals surface area (Å²) in [5.41, 5.74) is 2.52. The second kappa shape index (κ2) is 9.96. The smallest absolute Gasteiger partial charge is 0.263 e. The van der Waals surface area contributed by atoms with Crippen LogP contribution in [0.25, 0.3) is 0 Å². The Morgan fingerprint density at radius 3 is 2.56 bits per heavy atom. The molecule has 7 nitrogen and oxygen atoms in total. The Hall–Kier alpha value is -3.35. The van der Waals surface area contributed by atoms with Crippen LogP contribution >= 0.6 is 0 Å². The van der Waals surface area contributed by atoms with E-state index in [2.05, 4.69) is 10.5 Å². The zero-order chi connectivity index (χ0) is 19.6. The molecule has 0 bridgehead atoms. The van der Waals surface area contributed by atoms with Gasteiger partial charge in [0.2, 0.25) is 5.91 Å². The van der Waals surface area contributed by atoms with Crippen LogP contribution in [0.3, 0.4) is 0 Å². The Balaban J connectivity index is 1.77. The van der Waals surface area contributed by atoms with E-state index in [0.717, 1.165) is 11.1 Å². The van der Waals surface area contributed by atoms with Gasteiger partial charge in [0.25, 0.3) is 5.91 Å². The van der Waals surface area contributed by atoms with Crippen LogP contribution < -0.4 is 10.1 Å². The summed E-state index contributed by atoms with van der Waals surface area (Å²) >= 11 is 0. The number of para-hydroxylation sites is 1. The predicted molar refractivity (Wildman–Crippen MR) is 104 cm³/mol.